The number of anilines is 1. The highest BCUT2D eigenvalue weighted by atomic mass is 35.5. The van der Waals surface area contributed by atoms with E-state index in [1.807, 2.05) is 47.0 Å². The van der Waals surface area contributed by atoms with Gasteiger partial charge in [-0.3, -0.25) is 0 Å². The van der Waals surface area contributed by atoms with Crippen LogP contribution in [0.15, 0.2) is 42.5 Å². The molecule has 0 unspecified atom stereocenters. The molecule has 0 atom stereocenters. The second-order valence-electron chi connectivity index (χ2n) is 4.51. The van der Waals surface area contributed by atoms with E-state index in [4.69, 9.17) is 22.1 Å². The molecule has 0 saturated heterocycles. The second kappa shape index (κ2) is 5.06. The molecule has 2 N–H and O–H groups in total. The number of aromatic nitrogens is 2. The number of benzene rings is 2. The predicted octanol–water partition coefficient (Wildman–Crippen LogP) is 3.33. The van der Waals surface area contributed by atoms with Crippen LogP contribution in [0, 0.1) is 0 Å². The minimum absolute atomic E-state index is 0.472. The van der Waals surface area contributed by atoms with Crippen molar-refractivity contribution in [2.24, 2.45) is 0 Å². The molecular weight excluding hydrogens is 274 g/mol. The van der Waals surface area contributed by atoms with Gasteiger partial charge in [-0.05, 0) is 29.8 Å². The molecule has 0 spiro atoms. The Bertz CT molecular complexity index is 750. The highest BCUT2D eigenvalue weighted by molar-refractivity contribution is 6.30. The van der Waals surface area contributed by atoms with Crippen molar-refractivity contribution < 1.29 is 4.74 Å². The standard InChI is InChI=1S/C15H14ClN3O/c1-20-13-4-2-3-12-14(13)18-15(17)19(12)9-10-5-7-11(16)8-6-10/h2-8H,9H2,1H3,(H2,17,18). The summed E-state index contributed by atoms with van der Waals surface area (Å²) in [6, 6.07) is 13.5. The number of nitrogen functional groups attached to an aromatic ring is 1. The van der Waals surface area contributed by atoms with E-state index in [1.165, 1.54) is 0 Å². The van der Waals surface area contributed by atoms with Gasteiger partial charge in [-0.1, -0.05) is 29.8 Å². The van der Waals surface area contributed by atoms with Gasteiger partial charge >= 0.3 is 0 Å². The van der Waals surface area contributed by atoms with Crippen molar-refractivity contribution in [3.63, 3.8) is 0 Å². The summed E-state index contributed by atoms with van der Waals surface area (Å²) < 4.78 is 7.27. The van der Waals surface area contributed by atoms with Crippen LogP contribution in [0.1, 0.15) is 5.56 Å². The Balaban J connectivity index is 2.07. The Morgan fingerprint density at radius 2 is 1.95 bits per heavy atom. The third-order valence-electron chi connectivity index (χ3n) is 3.25. The Morgan fingerprint density at radius 3 is 2.65 bits per heavy atom. The molecule has 0 aliphatic rings. The van der Waals surface area contributed by atoms with Crippen molar-refractivity contribution in [1.29, 1.82) is 0 Å². The molecule has 0 fully saturated rings. The van der Waals surface area contributed by atoms with Crippen LogP contribution in [0.2, 0.25) is 5.02 Å². The molecule has 3 aromatic rings. The van der Waals surface area contributed by atoms with E-state index >= 15 is 0 Å². The van der Waals surface area contributed by atoms with Gasteiger partial charge < -0.3 is 15.0 Å². The van der Waals surface area contributed by atoms with Crippen molar-refractivity contribution in [1.82, 2.24) is 9.55 Å². The third-order valence-corrected chi connectivity index (χ3v) is 3.50. The average Bonchev–Trinajstić information content (AvgIpc) is 2.77. The number of hydrogen-bond donors (Lipinski definition) is 1. The molecule has 4 nitrogen and oxygen atoms in total. The number of ether oxygens (including phenoxy) is 1. The zero-order valence-corrected chi connectivity index (χ0v) is 11.8. The Labute approximate surface area is 121 Å². The number of hydrogen-bond acceptors (Lipinski definition) is 3. The number of methoxy groups -OCH3 is 1. The van der Waals surface area contributed by atoms with Crippen LogP contribution in [-0.4, -0.2) is 16.7 Å². The van der Waals surface area contributed by atoms with Gasteiger partial charge in [0.1, 0.15) is 11.3 Å². The highest BCUT2D eigenvalue weighted by Crippen LogP contribution is 2.27. The fraction of sp³-hybridized carbons (Fsp3) is 0.133. The first-order valence-corrected chi connectivity index (χ1v) is 6.60. The maximum absolute atomic E-state index is 6.02. The minimum Gasteiger partial charge on any atom is -0.494 e. The lowest BCUT2D eigenvalue weighted by molar-refractivity contribution is 0.419. The van der Waals surface area contributed by atoms with Crippen LogP contribution in [0.25, 0.3) is 11.0 Å². The number of fused-ring (bicyclic) bond motifs is 1. The molecule has 1 aromatic heterocycles. The number of imidazole rings is 1. The van der Waals surface area contributed by atoms with Gasteiger partial charge in [-0.15, -0.1) is 0 Å². The highest BCUT2D eigenvalue weighted by Gasteiger charge is 2.12. The molecule has 0 amide bonds. The van der Waals surface area contributed by atoms with E-state index in [0.717, 1.165) is 27.4 Å². The zero-order valence-electron chi connectivity index (χ0n) is 11.0. The number of para-hydroxylation sites is 1. The number of halogens is 1. The maximum Gasteiger partial charge on any atom is 0.201 e. The lowest BCUT2D eigenvalue weighted by Crippen LogP contribution is -2.04. The van der Waals surface area contributed by atoms with E-state index in [2.05, 4.69) is 4.98 Å². The fourth-order valence-corrected chi connectivity index (χ4v) is 2.37. The third kappa shape index (κ3) is 2.18. The lowest BCUT2D eigenvalue weighted by atomic mass is 10.2. The van der Waals surface area contributed by atoms with Gasteiger partial charge in [0.25, 0.3) is 0 Å². The van der Waals surface area contributed by atoms with E-state index < -0.39 is 0 Å². The molecule has 3 rings (SSSR count). The first-order valence-electron chi connectivity index (χ1n) is 6.22. The topological polar surface area (TPSA) is 53.1 Å². The summed E-state index contributed by atoms with van der Waals surface area (Å²) in [7, 11) is 1.63. The number of nitrogens with two attached hydrogens (primary N) is 1. The summed E-state index contributed by atoms with van der Waals surface area (Å²) in [6.07, 6.45) is 0. The molecule has 1 heterocycles. The molecule has 102 valence electrons. The average molecular weight is 288 g/mol. The van der Waals surface area contributed by atoms with E-state index in [0.29, 0.717) is 12.5 Å². The van der Waals surface area contributed by atoms with Crippen molar-refractivity contribution >= 4 is 28.6 Å². The van der Waals surface area contributed by atoms with Crippen LogP contribution < -0.4 is 10.5 Å². The smallest absolute Gasteiger partial charge is 0.201 e. The van der Waals surface area contributed by atoms with Crippen LogP contribution in [-0.2, 0) is 6.54 Å². The van der Waals surface area contributed by atoms with E-state index in [9.17, 15) is 0 Å². The normalized spacial score (nSPS) is 10.9. The summed E-state index contributed by atoms with van der Waals surface area (Å²) in [5.74, 6) is 1.20. The van der Waals surface area contributed by atoms with Crippen molar-refractivity contribution in [2.45, 2.75) is 6.54 Å². The Hall–Kier alpha value is -2.20. The SMILES string of the molecule is COc1cccc2c1nc(N)n2Cc1ccc(Cl)cc1. The summed E-state index contributed by atoms with van der Waals surface area (Å²) in [5.41, 5.74) is 8.87. The van der Waals surface area contributed by atoms with Gasteiger partial charge in [0.2, 0.25) is 5.95 Å². The van der Waals surface area contributed by atoms with Gasteiger partial charge in [0, 0.05) is 5.02 Å². The summed E-state index contributed by atoms with van der Waals surface area (Å²) in [5, 5.41) is 0.721. The summed E-state index contributed by atoms with van der Waals surface area (Å²) in [6.45, 7) is 0.646. The van der Waals surface area contributed by atoms with Crippen LogP contribution in [0.4, 0.5) is 5.95 Å². The van der Waals surface area contributed by atoms with Crippen LogP contribution in [0.5, 0.6) is 5.75 Å². The Morgan fingerprint density at radius 1 is 1.20 bits per heavy atom. The molecule has 0 bridgehead atoms. The van der Waals surface area contributed by atoms with Gasteiger partial charge in [0.15, 0.2) is 0 Å². The second-order valence-corrected chi connectivity index (χ2v) is 4.95. The quantitative estimate of drug-likeness (QED) is 0.804. The van der Waals surface area contributed by atoms with Crippen molar-refractivity contribution in [2.75, 3.05) is 12.8 Å². The van der Waals surface area contributed by atoms with E-state index in [-0.39, 0.29) is 0 Å². The monoisotopic (exact) mass is 287 g/mol. The molecule has 0 radical (unpaired) electrons. The maximum atomic E-state index is 6.02. The molecule has 2 aromatic carbocycles. The van der Waals surface area contributed by atoms with Gasteiger partial charge in [-0.2, -0.15) is 0 Å². The summed E-state index contributed by atoms with van der Waals surface area (Å²) >= 11 is 5.90. The lowest BCUT2D eigenvalue weighted by Gasteiger charge is -2.07. The zero-order chi connectivity index (χ0) is 14.1. The largest absolute Gasteiger partial charge is 0.494 e. The first kappa shape index (κ1) is 12.8. The number of nitrogens with zero attached hydrogens (tertiary/aromatic N) is 2. The van der Waals surface area contributed by atoms with Gasteiger partial charge in [0.05, 0.1) is 19.2 Å². The van der Waals surface area contributed by atoms with Gasteiger partial charge in [-0.25, -0.2) is 4.98 Å². The number of rotatable bonds is 3. The first-order chi connectivity index (χ1) is 9.69. The predicted molar refractivity (Wildman–Crippen MR) is 81.3 cm³/mol. The molecule has 5 heteroatoms. The molecule has 0 aliphatic heterocycles. The Kier molecular flexibility index (Phi) is 3.24. The minimum atomic E-state index is 0.472. The fourth-order valence-electron chi connectivity index (χ4n) is 2.24. The van der Waals surface area contributed by atoms with Crippen LogP contribution in [0.3, 0.4) is 0 Å². The van der Waals surface area contributed by atoms with Crippen molar-refractivity contribution in [3.8, 4) is 5.75 Å². The van der Waals surface area contributed by atoms with Crippen LogP contribution >= 0.6 is 11.6 Å². The van der Waals surface area contributed by atoms with Crippen molar-refractivity contribution in [3.05, 3.63) is 53.1 Å². The summed E-state index contributed by atoms with van der Waals surface area (Å²) in [4.78, 5) is 4.39. The molecule has 20 heavy (non-hydrogen) atoms. The molecule has 0 saturated carbocycles. The molecular formula is C15H14ClN3O. The molecule has 0 aliphatic carbocycles. The van der Waals surface area contributed by atoms with E-state index in [1.54, 1.807) is 7.11 Å².